The molecule has 1 atom stereocenters. The number of carbonyl (C=O) groups excluding carboxylic acids is 1. The summed E-state index contributed by atoms with van der Waals surface area (Å²) in [6, 6.07) is 7.62. The summed E-state index contributed by atoms with van der Waals surface area (Å²) in [5.41, 5.74) is 1.63. The number of phenolic OH excluding ortho intramolecular Hbond substituents is 1. The second kappa shape index (κ2) is 12.6. The fourth-order valence-electron chi connectivity index (χ4n) is 4.31. The van der Waals surface area contributed by atoms with E-state index in [1.807, 2.05) is 6.92 Å². The number of fused-ring (bicyclic) bond motifs is 1. The van der Waals surface area contributed by atoms with E-state index in [9.17, 15) is 14.7 Å². The van der Waals surface area contributed by atoms with E-state index in [1.54, 1.807) is 50.3 Å². The molecule has 1 unspecified atom stereocenters. The van der Waals surface area contributed by atoms with Crippen LogP contribution >= 0.6 is 27.3 Å². The van der Waals surface area contributed by atoms with Gasteiger partial charge in [-0.25, -0.2) is 9.79 Å². The maximum absolute atomic E-state index is 13.9. The van der Waals surface area contributed by atoms with Gasteiger partial charge in [-0.05, 0) is 62.2 Å². The minimum Gasteiger partial charge on any atom is -0.504 e. The van der Waals surface area contributed by atoms with E-state index in [1.165, 1.54) is 29.1 Å². The van der Waals surface area contributed by atoms with Gasteiger partial charge >= 0.3 is 5.97 Å². The summed E-state index contributed by atoms with van der Waals surface area (Å²) in [4.78, 5) is 32.2. The molecule has 0 saturated carbocycles. The first-order chi connectivity index (χ1) is 19.2. The maximum Gasteiger partial charge on any atom is 0.338 e. The Kier molecular flexibility index (Phi) is 9.16. The van der Waals surface area contributed by atoms with Crippen LogP contribution in [0.2, 0.25) is 0 Å². The summed E-state index contributed by atoms with van der Waals surface area (Å²) in [6.07, 6.45) is 3.32. The van der Waals surface area contributed by atoms with Crippen molar-refractivity contribution in [1.29, 1.82) is 0 Å². The molecule has 210 valence electrons. The van der Waals surface area contributed by atoms with Crippen LogP contribution in [0, 0.1) is 0 Å². The molecule has 1 aliphatic heterocycles. The van der Waals surface area contributed by atoms with Crippen molar-refractivity contribution < 1.29 is 28.8 Å². The van der Waals surface area contributed by atoms with Gasteiger partial charge in [0.25, 0.3) is 5.56 Å². The number of hydrogen-bond acceptors (Lipinski definition) is 9. The molecule has 4 rings (SSSR count). The molecule has 0 aliphatic carbocycles. The fourth-order valence-corrected chi connectivity index (χ4v) is 5.80. The highest BCUT2D eigenvalue weighted by Crippen LogP contribution is 2.37. The van der Waals surface area contributed by atoms with Gasteiger partial charge in [-0.3, -0.25) is 9.36 Å². The van der Waals surface area contributed by atoms with Gasteiger partial charge in [0.05, 0.1) is 42.2 Å². The van der Waals surface area contributed by atoms with Crippen LogP contribution in [-0.4, -0.2) is 42.6 Å². The van der Waals surface area contributed by atoms with E-state index in [2.05, 4.69) is 27.5 Å². The number of aromatic hydroxyl groups is 1. The van der Waals surface area contributed by atoms with Crippen LogP contribution in [0.3, 0.4) is 0 Å². The van der Waals surface area contributed by atoms with Gasteiger partial charge < -0.3 is 24.1 Å². The van der Waals surface area contributed by atoms with Crippen LogP contribution < -0.4 is 29.1 Å². The zero-order valence-corrected chi connectivity index (χ0v) is 24.9. The molecule has 1 aliphatic rings. The molecule has 0 radical (unpaired) electrons. The first-order valence-electron chi connectivity index (χ1n) is 12.5. The fraction of sp³-hybridized carbons (Fsp3) is 0.276. The quantitative estimate of drug-likeness (QED) is 0.264. The number of aromatic nitrogens is 1. The average Bonchev–Trinajstić information content (AvgIpc) is 3.23. The van der Waals surface area contributed by atoms with Gasteiger partial charge in [0, 0.05) is 4.47 Å². The summed E-state index contributed by atoms with van der Waals surface area (Å²) in [5.74, 6) is 0.666. The predicted octanol–water partition coefficient (Wildman–Crippen LogP) is 4.24. The van der Waals surface area contributed by atoms with E-state index < -0.39 is 12.0 Å². The number of thiazole rings is 1. The van der Waals surface area contributed by atoms with Crippen LogP contribution in [0.25, 0.3) is 6.08 Å². The molecule has 0 fully saturated rings. The Morgan fingerprint density at radius 3 is 2.62 bits per heavy atom. The van der Waals surface area contributed by atoms with Crippen molar-refractivity contribution in [2.75, 3.05) is 26.9 Å². The Balaban J connectivity index is 1.96. The number of methoxy groups -OCH3 is 1. The maximum atomic E-state index is 13.9. The van der Waals surface area contributed by atoms with Gasteiger partial charge in [-0.2, -0.15) is 0 Å². The highest BCUT2D eigenvalue weighted by Gasteiger charge is 2.34. The number of rotatable bonds is 10. The molecule has 1 aromatic heterocycles. The molecule has 0 spiro atoms. The molecule has 0 bridgehead atoms. The first-order valence-corrected chi connectivity index (χ1v) is 14.1. The largest absolute Gasteiger partial charge is 0.504 e. The number of halogens is 1. The molecule has 2 heterocycles. The van der Waals surface area contributed by atoms with Crippen LogP contribution in [0.5, 0.6) is 23.0 Å². The third-order valence-corrected chi connectivity index (χ3v) is 7.71. The first kappa shape index (κ1) is 29.2. The van der Waals surface area contributed by atoms with Crippen LogP contribution in [0.15, 0.2) is 68.5 Å². The molecule has 11 heteroatoms. The standard InChI is InChI=1S/C29H29BrN2O7S/c1-6-11-39-21-10-9-17(12-23(21)37-7-2)26-25(28(35)38-8-3)16(4)31-29-32(26)27(34)24(40-29)14-18-13-22(36-5)20(33)15-19(18)30/h6,9-10,12-15,26,33H,1,7-8,11H2,2-5H3/b24-14+. The molecular weight excluding hydrogens is 600 g/mol. The monoisotopic (exact) mass is 628 g/mol. The number of phenols is 1. The number of esters is 1. The molecule has 9 nitrogen and oxygen atoms in total. The van der Waals surface area contributed by atoms with Crippen LogP contribution in [0.4, 0.5) is 0 Å². The van der Waals surface area contributed by atoms with Gasteiger partial charge in [0.2, 0.25) is 0 Å². The lowest BCUT2D eigenvalue weighted by Gasteiger charge is -2.25. The molecule has 3 aromatic rings. The van der Waals surface area contributed by atoms with E-state index in [0.717, 1.165) is 0 Å². The summed E-state index contributed by atoms with van der Waals surface area (Å²) in [5, 5.41) is 10.1. The predicted molar refractivity (Wildman–Crippen MR) is 156 cm³/mol. The highest BCUT2D eigenvalue weighted by molar-refractivity contribution is 9.10. The molecule has 2 aromatic carbocycles. The highest BCUT2D eigenvalue weighted by atomic mass is 79.9. The van der Waals surface area contributed by atoms with Crippen LogP contribution in [-0.2, 0) is 9.53 Å². The number of carbonyl (C=O) groups is 1. The zero-order valence-electron chi connectivity index (χ0n) is 22.5. The van der Waals surface area contributed by atoms with Crippen molar-refractivity contribution in [1.82, 2.24) is 4.57 Å². The molecule has 0 saturated heterocycles. The smallest absolute Gasteiger partial charge is 0.338 e. The van der Waals surface area contributed by atoms with E-state index in [-0.39, 0.29) is 29.2 Å². The normalized spacial score (nSPS) is 14.8. The number of allylic oxidation sites excluding steroid dienone is 1. The van der Waals surface area contributed by atoms with Gasteiger partial charge in [0.15, 0.2) is 27.8 Å². The van der Waals surface area contributed by atoms with Crippen molar-refractivity contribution in [2.45, 2.75) is 26.8 Å². The average molecular weight is 630 g/mol. The van der Waals surface area contributed by atoms with E-state index >= 15 is 0 Å². The van der Waals surface area contributed by atoms with Gasteiger partial charge in [0.1, 0.15) is 6.61 Å². The Morgan fingerprint density at radius 1 is 1.18 bits per heavy atom. The van der Waals surface area contributed by atoms with Crippen molar-refractivity contribution in [3.05, 3.63) is 89.5 Å². The van der Waals surface area contributed by atoms with Gasteiger partial charge in [-0.15, -0.1) is 0 Å². The second-order valence-corrected chi connectivity index (χ2v) is 10.5. The van der Waals surface area contributed by atoms with Crippen molar-refractivity contribution in [3.8, 4) is 23.0 Å². The lowest BCUT2D eigenvalue weighted by molar-refractivity contribution is -0.139. The zero-order chi connectivity index (χ0) is 29.0. The van der Waals surface area contributed by atoms with Gasteiger partial charge in [-0.1, -0.05) is 46.0 Å². The number of nitrogens with zero attached hydrogens (tertiary/aromatic N) is 2. The van der Waals surface area contributed by atoms with Crippen molar-refractivity contribution in [3.63, 3.8) is 0 Å². The van der Waals surface area contributed by atoms with E-state index in [4.69, 9.17) is 18.9 Å². The molecule has 40 heavy (non-hydrogen) atoms. The Morgan fingerprint density at radius 2 is 1.95 bits per heavy atom. The van der Waals surface area contributed by atoms with Crippen molar-refractivity contribution >= 4 is 39.3 Å². The summed E-state index contributed by atoms with van der Waals surface area (Å²) in [7, 11) is 1.45. The number of hydrogen-bond donors (Lipinski definition) is 1. The Hall–Kier alpha value is -3.83. The summed E-state index contributed by atoms with van der Waals surface area (Å²) in [6.45, 7) is 9.84. The minimum atomic E-state index is -0.817. The Bertz CT molecular complexity index is 1670. The van der Waals surface area contributed by atoms with Crippen molar-refractivity contribution in [2.24, 2.45) is 4.99 Å². The van der Waals surface area contributed by atoms with E-state index in [0.29, 0.717) is 55.3 Å². The molecular formula is C29H29BrN2O7S. The summed E-state index contributed by atoms with van der Waals surface area (Å²) < 4.78 is 24.7. The molecule has 1 N–H and O–H groups in total. The topological polar surface area (TPSA) is 109 Å². The lowest BCUT2D eigenvalue weighted by Crippen LogP contribution is -2.40. The number of ether oxygens (including phenoxy) is 4. The summed E-state index contributed by atoms with van der Waals surface area (Å²) >= 11 is 4.63. The third kappa shape index (κ3) is 5.71. The molecule has 0 amide bonds. The number of benzene rings is 2. The third-order valence-electron chi connectivity index (χ3n) is 6.04. The lowest BCUT2D eigenvalue weighted by atomic mass is 9.95. The Labute approximate surface area is 243 Å². The SMILES string of the molecule is C=CCOc1ccc(C2C(C(=O)OCC)=C(C)N=c3s/c(=C/c4cc(OC)c(O)cc4Br)c(=O)n32)cc1OCC. The van der Waals surface area contributed by atoms with Crippen LogP contribution in [0.1, 0.15) is 37.9 Å². The second-order valence-electron chi connectivity index (χ2n) is 8.59. The minimum absolute atomic E-state index is 0.0340.